The summed E-state index contributed by atoms with van der Waals surface area (Å²) in [6, 6.07) is 0. The van der Waals surface area contributed by atoms with E-state index in [1.807, 2.05) is 13.8 Å². The molecule has 0 bridgehead atoms. The first-order chi connectivity index (χ1) is 8.23. The van der Waals surface area contributed by atoms with E-state index in [1.54, 1.807) is 0 Å². The van der Waals surface area contributed by atoms with Crippen LogP contribution in [0.5, 0.6) is 0 Å². The van der Waals surface area contributed by atoms with Gasteiger partial charge in [-0.1, -0.05) is 13.8 Å². The Bertz CT molecular complexity index is 282. The minimum absolute atomic E-state index is 0.0932. The Morgan fingerprint density at radius 3 is 2.39 bits per heavy atom. The quantitative estimate of drug-likeness (QED) is 0.300. The van der Waals surface area contributed by atoms with Crippen molar-refractivity contribution >= 4 is 11.9 Å². The molecule has 0 saturated carbocycles. The molecule has 0 rings (SSSR count). The highest BCUT2D eigenvalue weighted by atomic mass is 16.6. The molecule has 0 saturated heterocycles. The van der Waals surface area contributed by atoms with Gasteiger partial charge in [-0.15, -0.1) is 0 Å². The minimum Gasteiger partial charge on any atom is -0.460 e. The van der Waals surface area contributed by atoms with Crippen LogP contribution in [0.15, 0.2) is 4.99 Å². The summed E-state index contributed by atoms with van der Waals surface area (Å²) in [6.07, 6.45) is 2.82. The van der Waals surface area contributed by atoms with Crippen molar-refractivity contribution in [2.45, 2.75) is 59.0 Å². The van der Waals surface area contributed by atoms with E-state index in [9.17, 15) is 4.79 Å². The number of guanidine groups is 1. The average molecular weight is 257 g/mol. The average Bonchev–Trinajstić information content (AvgIpc) is 2.13. The second kappa shape index (κ2) is 7.95. The molecule has 4 N–H and O–H groups in total. The zero-order valence-electron chi connectivity index (χ0n) is 12.0. The Morgan fingerprint density at radius 1 is 1.28 bits per heavy atom. The van der Waals surface area contributed by atoms with Crippen LogP contribution in [0.4, 0.5) is 0 Å². The zero-order valence-corrected chi connectivity index (χ0v) is 12.0. The summed E-state index contributed by atoms with van der Waals surface area (Å²) in [5.74, 6) is 0.454. The van der Waals surface area contributed by atoms with E-state index in [0.717, 1.165) is 19.3 Å². The van der Waals surface area contributed by atoms with E-state index < -0.39 is 0 Å². The molecule has 0 aromatic heterocycles. The monoisotopic (exact) mass is 257 g/mol. The van der Waals surface area contributed by atoms with Crippen LogP contribution in [-0.2, 0) is 9.53 Å². The van der Waals surface area contributed by atoms with Crippen LogP contribution in [0.3, 0.4) is 0 Å². The third-order valence-electron chi connectivity index (χ3n) is 2.37. The Kier molecular flexibility index (Phi) is 7.39. The summed E-state index contributed by atoms with van der Waals surface area (Å²) < 4.78 is 5.45. The highest BCUT2D eigenvalue weighted by Crippen LogP contribution is 2.21. The van der Waals surface area contributed by atoms with Gasteiger partial charge >= 0.3 is 5.97 Å². The van der Waals surface area contributed by atoms with E-state index in [1.165, 1.54) is 0 Å². The van der Waals surface area contributed by atoms with Gasteiger partial charge in [0.1, 0.15) is 5.60 Å². The molecule has 0 aliphatic rings. The van der Waals surface area contributed by atoms with Crippen LogP contribution in [0.25, 0.3) is 0 Å². The molecule has 0 atom stereocenters. The Morgan fingerprint density at radius 2 is 1.89 bits per heavy atom. The highest BCUT2D eigenvalue weighted by molar-refractivity contribution is 5.75. The number of ether oxygens (including phenoxy) is 1. The Labute approximate surface area is 110 Å². The van der Waals surface area contributed by atoms with Crippen molar-refractivity contribution in [3.63, 3.8) is 0 Å². The molecular weight excluding hydrogens is 230 g/mol. The number of carbonyl (C=O) groups is 1. The molecule has 5 nitrogen and oxygen atoms in total. The number of esters is 1. The summed E-state index contributed by atoms with van der Waals surface area (Å²) in [6.45, 7) is 8.69. The van der Waals surface area contributed by atoms with Gasteiger partial charge in [0.25, 0.3) is 0 Å². The molecule has 106 valence electrons. The van der Waals surface area contributed by atoms with E-state index in [-0.39, 0.29) is 17.5 Å². The molecule has 0 aromatic carbocycles. The predicted molar refractivity (Wildman–Crippen MR) is 74.2 cm³/mol. The van der Waals surface area contributed by atoms with Crippen LogP contribution in [0.1, 0.15) is 53.4 Å². The number of hydrogen-bond acceptors (Lipinski definition) is 3. The smallest absolute Gasteiger partial charge is 0.306 e. The number of unbranched alkanes of at least 4 members (excludes halogenated alkanes) is 1. The van der Waals surface area contributed by atoms with Crippen molar-refractivity contribution in [1.29, 1.82) is 0 Å². The van der Waals surface area contributed by atoms with Gasteiger partial charge in [0.2, 0.25) is 0 Å². The van der Waals surface area contributed by atoms with Crippen LogP contribution in [0.2, 0.25) is 0 Å². The maximum Gasteiger partial charge on any atom is 0.306 e. The van der Waals surface area contributed by atoms with Crippen LogP contribution in [0, 0.1) is 5.92 Å². The molecule has 0 spiro atoms. The second-order valence-corrected chi connectivity index (χ2v) is 5.60. The van der Waals surface area contributed by atoms with Crippen molar-refractivity contribution in [2.24, 2.45) is 22.4 Å². The maximum absolute atomic E-state index is 11.6. The summed E-state index contributed by atoms with van der Waals surface area (Å²) in [4.78, 5) is 15.5. The van der Waals surface area contributed by atoms with Crippen molar-refractivity contribution in [1.82, 2.24) is 0 Å². The number of rotatable bonds is 8. The standard InChI is InChI=1S/C13H27N3O2/c1-10(2)9-13(3,4)18-11(17)7-5-6-8-16-12(14)15/h10H,5-9H2,1-4H3,(H4,14,15,16). The third-order valence-corrected chi connectivity index (χ3v) is 2.37. The van der Waals surface area contributed by atoms with Gasteiger partial charge in [0.05, 0.1) is 0 Å². The lowest BCUT2D eigenvalue weighted by molar-refractivity contribution is -0.157. The maximum atomic E-state index is 11.6. The van der Waals surface area contributed by atoms with Gasteiger partial charge in [-0.2, -0.15) is 0 Å². The summed E-state index contributed by atoms with van der Waals surface area (Å²) in [5, 5.41) is 0. The lowest BCUT2D eigenvalue weighted by Gasteiger charge is -2.27. The van der Waals surface area contributed by atoms with Crippen LogP contribution in [-0.4, -0.2) is 24.1 Å². The lowest BCUT2D eigenvalue weighted by Crippen LogP contribution is -2.29. The fourth-order valence-corrected chi connectivity index (χ4v) is 1.97. The third kappa shape index (κ3) is 9.93. The molecule has 5 heteroatoms. The summed E-state index contributed by atoms with van der Waals surface area (Å²) >= 11 is 0. The lowest BCUT2D eigenvalue weighted by atomic mass is 9.96. The Balaban J connectivity index is 3.80. The zero-order chi connectivity index (χ0) is 14.2. The van der Waals surface area contributed by atoms with Crippen molar-refractivity contribution in [2.75, 3.05) is 6.54 Å². The predicted octanol–water partition coefficient (Wildman–Crippen LogP) is 1.80. The molecule has 0 aliphatic heterocycles. The SMILES string of the molecule is CC(C)CC(C)(C)OC(=O)CCCCN=C(N)N. The van der Waals surface area contributed by atoms with Gasteiger partial charge in [-0.3, -0.25) is 9.79 Å². The molecule has 0 aromatic rings. The minimum atomic E-state index is -0.384. The normalized spacial score (nSPS) is 11.4. The number of nitrogens with two attached hydrogens (primary N) is 2. The molecule has 0 radical (unpaired) electrons. The van der Waals surface area contributed by atoms with Gasteiger partial charge in [-0.25, -0.2) is 0 Å². The number of hydrogen-bond donors (Lipinski definition) is 2. The number of nitrogens with zero attached hydrogens (tertiary/aromatic N) is 1. The number of aliphatic imine (C=N–C) groups is 1. The van der Waals surface area contributed by atoms with Crippen molar-refractivity contribution < 1.29 is 9.53 Å². The molecule has 0 aliphatic carbocycles. The van der Waals surface area contributed by atoms with Gasteiger partial charge in [0.15, 0.2) is 5.96 Å². The molecule has 0 heterocycles. The largest absolute Gasteiger partial charge is 0.460 e. The fourth-order valence-electron chi connectivity index (χ4n) is 1.97. The first-order valence-corrected chi connectivity index (χ1v) is 6.50. The topological polar surface area (TPSA) is 90.7 Å². The molecule has 0 fully saturated rings. The van der Waals surface area contributed by atoms with Crippen molar-refractivity contribution in [3.05, 3.63) is 0 Å². The summed E-state index contributed by atoms with van der Waals surface area (Å²) in [7, 11) is 0. The molecule has 0 amide bonds. The fraction of sp³-hybridized carbons (Fsp3) is 0.846. The van der Waals surface area contributed by atoms with E-state index in [2.05, 4.69) is 18.8 Å². The highest BCUT2D eigenvalue weighted by Gasteiger charge is 2.23. The molecule has 0 unspecified atom stereocenters. The van der Waals surface area contributed by atoms with E-state index in [4.69, 9.17) is 16.2 Å². The van der Waals surface area contributed by atoms with E-state index in [0.29, 0.717) is 18.9 Å². The first-order valence-electron chi connectivity index (χ1n) is 6.50. The van der Waals surface area contributed by atoms with Crippen LogP contribution < -0.4 is 11.5 Å². The van der Waals surface area contributed by atoms with Crippen molar-refractivity contribution in [3.8, 4) is 0 Å². The molecular formula is C13H27N3O2. The van der Waals surface area contributed by atoms with Gasteiger partial charge in [0, 0.05) is 13.0 Å². The second-order valence-electron chi connectivity index (χ2n) is 5.60. The van der Waals surface area contributed by atoms with E-state index >= 15 is 0 Å². The first kappa shape index (κ1) is 16.7. The Hall–Kier alpha value is -1.26. The van der Waals surface area contributed by atoms with Gasteiger partial charge < -0.3 is 16.2 Å². The summed E-state index contributed by atoms with van der Waals surface area (Å²) in [5.41, 5.74) is 10.0. The van der Waals surface area contributed by atoms with Gasteiger partial charge in [-0.05, 0) is 39.0 Å². The van der Waals surface area contributed by atoms with Crippen LogP contribution >= 0.6 is 0 Å². The number of carbonyl (C=O) groups excluding carboxylic acids is 1. The molecule has 18 heavy (non-hydrogen) atoms.